The van der Waals surface area contributed by atoms with Gasteiger partial charge in [0.15, 0.2) is 0 Å². The second-order valence-electron chi connectivity index (χ2n) is 2.40. The third-order valence-corrected chi connectivity index (χ3v) is 1.95. The van der Waals surface area contributed by atoms with Gasteiger partial charge in [-0.15, -0.1) is 5.10 Å². The average molecular weight is 214 g/mol. The molecule has 13 heavy (non-hydrogen) atoms. The highest BCUT2D eigenvalue weighted by atomic mass is 35.5. The minimum Gasteiger partial charge on any atom is -0.202 e. The Balaban J connectivity index is 2.53. The Kier molecular flexibility index (Phi) is 2.20. The molecule has 0 fully saturated rings. The molecule has 0 amide bonds. The number of hydrogen-bond acceptors (Lipinski definition) is 2. The van der Waals surface area contributed by atoms with Gasteiger partial charge in [0.1, 0.15) is 0 Å². The summed E-state index contributed by atoms with van der Waals surface area (Å²) in [5, 5.41) is 4.33. The molecule has 0 radical (unpaired) electrons. The van der Waals surface area contributed by atoms with Crippen LogP contribution in [0.4, 0.5) is 0 Å². The van der Waals surface area contributed by atoms with Crippen molar-refractivity contribution in [3.63, 3.8) is 0 Å². The summed E-state index contributed by atoms with van der Waals surface area (Å²) >= 11 is 11.4. The van der Waals surface area contributed by atoms with Crippen LogP contribution in [0.1, 0.15) is 0 Å². The van der Waals surface area contributed by atoms with Crippen LogP contribution in [-0.2, 0) is 0 Å². The number of aromatic nitrogens is 3. The molecule has 2 aromatic rings. The summed E-state index contributed by atoms with van der Waals surface area (Å²) in [6.45, 7) is 0. The van der Waals surface area contributed by atoms with Crippen molar-refractivity contribution in [1.82, 2.24) is 14.8 Å². The predicted octanol–water partition coefficient (Wildman–Crippen LogP) is 2.57. The van der Waals surface area contributed by atoms with E-state index in [1.54, 1.807) is 0 Å². The number of benzene rings is 1. The molecule has 0 saturated heterocycles. The molecular weight excluding hydrogens is 209 g/mol. The Morgan fingerprint density at radius 1 is 1.08 bits per heavy atom. The second-order valence-corrected chi connectivity index (χ2v) is 3.07. The molecule has 1 aromatic heterocycles. The van der Waals surface area contributed by atoms with E-state index in [4.69, 9.17) is 23.2 Å². The Morgan fingerprint density at radius 3 is 2.31 bits per heavy atom. The minimum atomic E-state index is 0.147. The van der Waals surface area contributed by atoms with E-state index in [0.717, 1.165) is 5.69 Å². The van der Waals surface area contributed by atoms with Crippen LogP contribution in [0.25, 0.3) is 5.69 Å². The molecule has 5 heteroatoms. The fourth-order valence-corrected chi connectivity index (χ4v) is 1.42. The second kappa shape index (κ2) is 3.36. The van der Waals surface area contributed by atoms with Gasteiger partial charge < -0.3 is 0 Å². The van der Waals surface area contributed by atoms with Crippen molar-refractivity contribution in [2.24, 2.45) is 0 Å². The fraction of sp³-hybridized carbons (Fsp3) is 0. The van der Waals surface area contributed by atoms with Crippen LogP contribution in [0.15, 0.2) is 30.3 Å². The molecule has 0 atom stereocenters. The Labute approximate surface area is 84.9 Å². The van der Waals surface area contributed by atoms with E-state index in [2.05, 4.69) is 10.1 Å². The van der Waals surface area contributed by atoms with Gasteiger partial charge in [0.25, 0.3) is 0 Å². The summed E-state index contributed by atoms with van der Waals surface area (Å²) in [5.74, 6) is 0. The molecule has 0 N–H and O–H groups in total. The monoisotopic (exact) mass is 213 g/mol. The molecule has 0 aliphatic heterocycles. The zero-order valence-corrected chi connectivity index (χ0v) is 8.00. The van der Waals surface area contributed by atoms with Crippen molar-refractivity contribution < 1.29 is 0 Å². The van der Waals surface area contributed by atoms with Crippen LogP contribution in [0.2, 0.25) is 10.6 Å². The van der Waals surface area contributed by atoms with E-state index in [9.17, 15) is 0 Å². The standard InChI is InChI=1S/C8H5Cl2N3/c9-7-11-8(10)13(12-7)6-4-2-1-3-5-6/h1-5H. The first-order chi connectivity index (χ1) is 6.27. The fourth-order valence-electron chi connectivity index (χ4n) is 1.00. The highest BCUT2D eigenvalue weighted by Crippen LogP contribution is 2.15. The Bertz CT molecular complexity index is 411. The molecule has 0 bridgehead atoms. The third-order valence-electron chi connectivity index (χ3n) is 1.54. The van der Waals surface area contributed by atoms with Crippen LogP contribution >= 0.6 is 23.2 Å². The van der Waals surface area contributed by atoms with Gasteiger partial charge in [-0.1, -0.05) is 18.2 Å². The SMILES string of the molecule is Clc1nc(Cl)n(-c2ccccc2)n1. The van der Waals surface area contributed by atoms with Gasteiger partial charge in [0.2, 0.25) is 10.6 Å². The zero-order chi connectivity index (χ0) is 9.26. The van der Waals surface area contributed by atoms with Crippen LogP contribution < -0.4 is 0 Å². The van der Waals surface area contributed by atoms with E-state index < -0.39 is 0 Å². The summed E-state index contributed by atoms with van der Waals surface area (Å²) in [6.07, 6.45) is 0. The lowest BCUT2D eigenvalue weighted by molar-refractivity contribution is 0.880. The number of halogens is 2. The Hall–Kier alpha value is -1.06. The maximum Gasteiger partial charge on any atom is 0.244 e. The summed E-state index contributed by atoms with van der Waals surface area (Å²) in [6, 6.07) is 9.44. The largest absolute Gasteiger partial charge is 0.244 e. The maximum atomic E-state index is 5.78. The molecule has 0 saturated carbocycles. The lowest BCUT2D eigenvalue weighted by Crippen LogP contribution is -1.95. The van der Waals surface area contributed by atoms with Gasteiger partial charge in [-0.05, 0) is 35.3 Å². The van der Waals surface area contributed by atoms with E-state index in [1.807, 2.05) is 30.3 Å². The molecular formula is C8H5Cl2N3. The van der Waals surface area contributed by atoms with Crippen molar-refractivity contribution in [2.45, 2.75) is 0 Å². The number of hydrogen-bond donors (Lipinski definition) is 0. The van der Waals surface area contributed by atoms with E-state index in [-0.39, 0.29) is 10.6 Å². The number of nitrogens with zero attached hydrogens (tertiary/aromatic N) is 3. The maximum absolute atomic E-state index is 5.78. The van der Waals surface area contributed by atoms with Crippen LogP contribution in [0.5, 0.6) is 0 Å². The predicted molar refractivity (Wildman–Crippen MR) is 51.4 cm³/mol. The lowest BCUT2D eigenvalue weighted by atomic mass is 10.3. The van der Waals surface area contributed by atoms with Gasteiger partial charge >= 0.3 is 0 Å². The third kappa shape index (κ3) is 1.66. The van der Waals surface area contributed by atoms with Gasteiger partial charge in [-0.2, -0.15) is 4.98 Å². The van der Waals surface area contributed by atoms with E-state index in [1.165, 1.54) is 4.68 Å². The molecule has 0 aliphatic rings. The molecule has 3 nitrogen and oxygen atoms in total. The Morgan fingerprint density at radius 2 is 1.77 bits per heavy atom. The quantitative estimate of drug-likeness (QED) is 0.730. The van der Waals surface area contributed by atoms with Gasteiger partial charge in [0, 0.05) is 0 Å². The molecule has 0 aliphatic carbocycles. The highest BCUT2D eigenvalue weighted by Gasteiger charge is 2.06. The smallest absolute Gasteiger partial charge is 0.202 e. The van der Waals surface area contributed by atoms with Crippen LogP contribution in [0.3, 0.4) is 0 Å². The van der Waals surface area contributed by atoms with Crippen molar-refractivity contribution >= 4 is 23.2 Å². The van der Waals surface area contributed by atoms with Crippen molar-refractivity contribution in [3.05, 3.63) is 40.9 Å². The molecule has 1 heterocycles. The van der Waals surface area contributed by atoms with E-state index in [0.29, 0.717) is 0 Å². The number of rotatable bonds is 1. The van der Waals surface area contributed by atoms with Gasteiger partial charge in [0.05, 0.1) is 5.69 Å². The van der Waals surface area contributed by atoms with E-state index >= 15 is 0 Å². The van der Waals surface area contributed by atoms with Crippen molar-refractivity contribution in [2.75, 3.05) is 0 Å². The van der Waals surface area contributed by atoms with Crippen LogP contribution in [0, 0.1) is 0 Å². The molecule has 1 aromatic carbocycles. The van der Waals surface area contributed by atoms with Crippen LogP contribution in [-0.4, -0.2) is 14.8 Å². The van der Waals surface area contributed by atoms with Gasteiger partial charge in [-0.3, -0.25) is 0 Å². The molecule has 2 rings (SSSR count). The van der Waals surface area contributed by atoms with Gasteiger partial charge in [-0.25, -0.2) is 4.68 Å². The highest BCUT2D eigenvalue weighted by molar-refractivity contribution is 6.31. The molecule has 0 spiro atoms. The summed E-state index contributed by atoms with van der Waals surface area (Å²) in [4.78, 5) is 3.77. The van der Waals surface area contributed by atoms with Crippen molar-refractivity contribution in [1.29, 1.82) is 0 Å². The first-order valence-corrected chi connectivity index (χ1v) is 4.36. The zero-order valence-electron chi connectivity index (χ0n) is 6.48. The lowest BCUT2D eigenvalue weighted by Gasteiger charge is -1.98. The first kappa shape index (κ1) is 8.53. The normalized spacial score (nSPS) is 10.3. The number of para-hydroxylation sites is 1. The minimum absolute atomic E-state index is 0.147. The summed E-state index contributed by atoms with van der Waals surface area (Å²) in [7, 11) is 0. The summed E-state index contributed by atoms with van der Waals surface area (Å²) < 4.78 is 1.48. The van der Waals surface area contributed by atoms with Crippen molar-refractivity contribution in [3.8, 4) is 5.69 Å². The summed E-state index contributed by atoms with van der Waals surface area (Å²) in [5.41, 5.74) is 0.840. The topological polar surface area (TPSA) is 30.7 Å². The molecule has 0 unspecified atom stereocenters. The average Bonchev–Trinajstić information content (AvgIpc) is 2.47. The first-order valence-electron chi connectivity index (χ1n) is 3.61. The molecule has 66 valence electrons.